The quantitative estimate of drug-likeness (QED) is 0.590. The minimum Gasteiger partial charge on any atom is -0.465 e. The van der Waals surface area contributed by atoms with Gasteiger partial charge in [-0.15, -0.1) is 0 Å². The van der Waals surface area contributed by atoms with Crippen LogP contribution >= 0.6 is 0 Å². The molecule has 0 radical (unpaired) electrons. The molecule has 0 saturated heterocycles. The number of Topliss-reactive ketones (excluding diaryl/α,β-unsaturated/α-hetero) is 1. The molecule has 0 N–H and O–H groups in total. The van der Waals surface area contributed by atoms with E-state index in [0.717, 1.165) is 25.7 Å². The van der Waals surface area contributed by atoms with Crippen LogP contribution in [0.2, 0.25) is 0 Å². The van der Waals surface area contributed by atoms with E-state index in [9.17, 15) is 9.59 Å². The Balaban J connectivity index is 1.94. The fourth-order valence-electron chi connectivity index (χ4n) is 3.20. The third-order valence-electron chi connectivity index (χ3n) is 4.48. The molecule has 23 heavy (non-hydrogen) atoms. The third-order valence-corrected chi connectivity index (χ3v) is 4.48. The monoisotopic (exact) mass is 312 g/mol. The first-order valence-corrected chi connectivity index (χ1v) is 8.07. The van der Waals surface area contributed by atoms with Gasteiger partial charge in [0.05, 0.1) is 19.1 Å². The van der Waals surface area contributed by atoms with Crippen molar-refractivity contribution in [1.82, 2.24) is 0 Å². The SMILES string of the molecule is COC(=O)[C@]1(C#CC2CCCCC2)CC(=O)c2ccccc2O1. The number of fused-ring (bicyclic) bond motifs is 1. The molecule has 1 aromatic rings. The number of esters is 1. The number of hydrogen-bond donors (Lipinski definition) is 0. The van der Waals surface area contributed by atoms with Crippen molar-refractivity contribution in [3.8, 4) is 17.6 Å². The summed E-state index contributed by atoms with van der Waals surface area (Å²) < 4.78 is 10.7. The Kier molecular flexibility index (Phi) is 4.38. The summed E-state index contributed by atoms with van der Waals surface area (Å²) in [6, 6.07) is 6.94. The minimum absolute atomic E-state index is 0.101. The van der Waals surface area contributed by atoms with Crippen molar-refractivity contribution in [3.05, 3.63) is 29.8 Å². The van der Waals surface area contributed by atoms with Crippen LogP contribution in [0.4, 0.5) is 0 Å². The van der Waals surface area contributed by atoms with E-state index in [1.165, 1.54) is 13.5 Å². The molecule has 120 valence electrons. The standard InChI is InChI=1S/C19H20O4/c1-22-18(21)19(12-11-14-7-3-2-4-8-14)13-16(20)15-9-5-6-10-17(15)23-19/h5-6,9-10,14H,2-4,7-8,13H2,1H3/t19-/m0/s1. The molecule has 0 amide bonds. The highest BCUT2D eigenvalue weighted by Gasteiger charge is 2.47. The molecule has 0 bridgehead atoms. The number of para-hydroxylation sites is 1. The van der Waals surface area contributed by atoms with Gasteiger partial charge >= 0.3 is 5.97 Å². The van der Waals surface area contributed by atoms with E-state index in [0.29, 0.717) is 11.3 Å². The van der Waals surface area contributed by atoms with Gasteiger partial charge in [-0.05, 0) is 30.9 Å². The van der Waals surface area contributed by atoms with Crippen LogP contribution < -0.4 is 4.74 Å². The van der Waals surface area contributed by atoms with Crippen molar-refractivity contribution in [3.63, 3.8) is 0 Å². The molecule has 1 aliphatic heterocycles. The molecule has 1 aliphatic carbocycles. The second kappa shape index (κ2) is 6.45. The average molecular weight is 312 g/mol. The first-order chi connectivity index (χ1) is 11.1. The number of carbonyl (C=O) groups is 2. The fourth-order valence-corrected chi connectivity index (χ4v) is 3.20. The van der Waals surface area contributed by atoms with Gasteiger partial charge in [0.2, 0.25) is 0 Å². The Labute approximate surface area is 136 Å². The Morgan fingerprint density at radius 1 is 1.26 bits per heavy atom. The van der Waals surface area contributed by atoms with Gasteiger partial charge in [0, 0.05) is 5.92 Å². The lowest BCUT2D eigenvalue weighted by atomic mass is 9.86. The highest BCUT2D eigenvalue weighted by molar-refractivity contribution is 6.04. The predicted octanol–water partition coefficient (Wildman–Crippen LogP) is 3.15. The first kappa shape index (κ1) is 15.6. The zero-order valence-electron chi connectivity index (χ0n) is 13.3. The van der Waals surface area contributed by atoms with Crippen molar-refractivity contribution < 1.29 is 19.1 Å². The number of ketones is 1. The lowest BCUT2D eigenvalue weighted by Gasteiger charge is -2.31. The smallest absolute Gasteiger partial charge is 0.363 e. The second-order valence-electron chi connectivity index (χ2n) is 6.12. The number of methoxy groups -OCH3 is 1. The lowest BCUT2D eigenvalue weighted by molar-refractivity contribution is -0.154. The summed E-state index contributed by atoms with van der Waals surface area (Å²) in [5.74, 6) is 6.04. The van der Waals surface area contributed by atoms with Crippen molar-refractivity contribution in [2.45, 2.75) is 44.1 Å². The predicted molar refractivity (Wildman–Crippen MR) is 85.1 cm³/mol. The molecule has 1 aromatic carbocycles. The molecule has 1 atom stereocenters. The maximum absolute atomic E-state index is 12.4. The van der Waals surface area contributed by atoms with Crippen molar-refractivity contribution in [2.24, 2.45) is 5.92 Å². The maximum Gasteiger partial charge on any atom is 0.363 e. The Morgan fingerprint density at radius 3 is 2.74 bits per heavy atom. The third kappa shape index (κ3) is 3.10. The topological polar surface area (TPSA) is 52.6 Å². The Hall–Kier alpha value is -2.28. The molecule has 3 rings (SSSR count). The van der Waals surface area contributed by atoms with E-state index in [1.54, 1.807) is 24.3 Å². The van der Waals surface area contributed by atoms with Gasteiger partial charge in [0.1, 0.15) is 5.75 Å². The number of carbonyl (C=O) groups excluding carboxylic acids is 2. The van der Waals surface area contributed by atoms with E-state index in [4.69, 9.17) is 9.47 Å². The van der Waals surface area contributed by atoms with Gasteiger partial charge in [0.15, 0.2) is 5.78 Å². The first-order valence-electron chi connectivity index (χ1n) is 8.07. The molecule has 2 aliphatic rings. The largest absolute Gasteiger partial charge is 0.465 e. The molecule has 1 saturated carbocycles. The highest BCUT2D eigenvalue weighted by atomic mass is 16.6. The van der Waals surface area contributed by atoms with E-state index < -0.39 is 11.6 Å². The molecule has 0 unspecified atom stereocenters. The zero-order chi connectivity index (χ0) is 16.3. The zero-order valence-corrected chi connectivity index (χ0v) is 13.3. The second-order valence-corrected chi connectivity index (χ2v) is 6.12. The van der Waals surface area contributed by atoms with Gasteiger partial charge in [-0.3, -0.25) is 4.79 Å². The summed E-state index contributed by atoms with van der Waals surface area (Å²) in [7, 11) is 1.29. The molecule has 1 fully saturated rings. The fraction of sp³-hybridized carbons (Fsp3) is 0.474. The van der Waals surface area contributed by atoms with E-state index in [-0.39, 0.29) is 18.1 Å². The van der Waals surface area contributed by atoms with Crippen molar-refractivity contribution >= 4 is 11.8 Å². The van der Waals surface area contributed by atoms with Crippen LogP contribution in [0.1, 0.15) is 48.9 Å². The van der Waals surface area contributed by atoms with Crippen LogP contribution in [0.15, 0.2) is 24.3 Å². The van der Waals surface area contributed by atoms with Crippen molar-refractivity contribution in [2.75, 3.05) is 7.11 Å². The van der Waals surface area contributed by atoms with Gasteiger partial charge in [-0.25, -0.2) is 4.79 Å². The van der Waals surface area contributed by atoms with Gasteiger partial charge in [-0.1, -0.05) is 37.3 Å². The summed E-state index contributed by atoms with van der Waals surface area (Å²) in [6.45, 7) is 0. The highest BCUT2D eigenvalue weighted by Crippen LogP contribution is 2.34. The summed E-state index contributed by atoms with van der Waals surface area (Å²) in [6.07, 6.45) is 5.53. The normalized spacial score (nSPS) is 24.0. The number of benzene rings is 1. The van der Waals surface area contributed by atoms with E-state index in [2.05, 4.69) is 11.8 Å². The van der Waals surface area contributed by atoms with Crippen LogP contribution in [-0.4, -0.2) is 24.5 Å². The van der Waals surface area contributed by atoms with Crippen LogP contribution in [0, 0.1) is 17.8 Å². The maximum atomic E-state index is 12.4. The van der Waals surface area contributed by atoms with Crippen molar-refractivity contribution in [1.29, 1.82) is 0 Å². The number of hydrogen-bond acceptors (Lipinski definition) is 4. The average Bonchev–Trinajstić information content (AvgIpc) is 2.60. The lowest BCUT2D eigenvalue weighted by Crippen LogP contribution is -2.48. The molecular weight excluding hydrogens is 292 g/mol. The molecule has 4 nitrogen and oxygen atoms in total. The summed E-state index contributed by atoms with van der Waals surface area (Å²) in [5.41, 5.74) is -1.02. The Bertz CT molecular complexity index is 676. The molecular formula is C19H20O4. The Morgan fingerprint density at radius 2 is 2.00 bits per heavy atom. The summed E-state index contributed by atoms with van der Waals surface area (Å²) >= 11 is 0. The van der Waals surface area contributed by atoms with Crippen LogP contribution in [0.3, 0.4) is 0 Å². The molecule has 0 spiro atoms. The summed E-state index contributed by atoms with van der Waals surface area (Å²) in [4.78, 5) is 24.7. The van der Waals surface area contributed by atoms with Crippen LogP contribution in [0.5, 0.6) is 5.75 Å². The van der Waals surface area contributed by atoms with E-state index >= 15 is 0 Å². The number of ether oxygens (including phenoxy) is 2. The molecule has 1 heterocycles. The van der Waals surface area contributed by atoms with Gasteiger partial charge < -0.3 is 9.47 Å². The summed E-state index contributed by atoms with van der Waals surface area (Å²) in [5, 5.41) is 0. The van der Waals surface area contributed by atoms with Crippen LogP contribution in [-0.2, 0) is 9.53 Å². The van der Waals surface area contributed by atoms with Gasteiger partial charge in [0.25, 0.3) is 5.60 Å². The molecule has 0 aromatic heterocycles. The van der Waals surface area contributed by atoms with Crippen LogP contribution in [0.25, 0.3) is 0 Å². The van der Waals surface area contributed by atoms with Gasteiger partial charge in [-0.2, -0.15) is 0 Å². The molecule has 4 heteroatoms. The van der Waals surface area contributed by atoms with E-state index in [1.807, 2.05) is 0 Å². The minimum atomic E-state index is -1.52. The number of rotatable bonds is 1.